The van der Waals surface area contributed by atoms with E-state index < -0.39 is 0 Å². The van der Waals surface area contributed by atoms with Gasteiger partial charge >= 0.3 is 0 Å². The van der Waals surface area contributed by atoms with Gasteiger partial charge in [-0.05, 0) is 17.7 Å². The average molecular weight is 427 g/mol. The zero-order valence-corrected chi connectivity index (χ0v) is 17.0. The molecule has 0 aliphatic rings. The molecule has 8 heteroatoms. The summed E-state index contributed by atoms with van der Waals surface area (Å²) in [5.41, 5.74) is 2.87. The normalized spacial score (nSPS) is 10.8. The molecule has 0 saturated carbocycles. The summed E-state index contributed by atoms with van der Waals surface area (Å²) in [7, 11) is 0. The van der Waals surface area contributed by atoms with Crippen LogP contribution in [0.25, 0.3) is 10.6 Å². The van der Waals surface area contributed by atoms with Gasteiger partial charge in [-0.2, -0.15) is 0 Å². The first-order valence-corrected chi connectivity index (χ1v) is 10.6. The molecule has 0 aliphatic heterocycles. The molecule has 4 rings (SSSR count). The fourth-order valence-corrected chi connectivity index (χ4v) is 4.33. The van der Waals surface area contributed by atoms with E-state index >= 15 is 0 Å². The van der Waals surface area contributed by atoms with E-state index in [-0.39, 0.29) is 12.3 Å². The fraction of sp³-hybridized carbons (Fsp3) is 0.100. The second-order valence-electron chi connectivity index (χ2n) is 6.04. The van der Waals surface area contributed by atoms with Crippen LogP contribution in [0.4, 0.5) is 5.13 Å². The van der Waals surface area contributed by atoms with Gasteiger partial charge < -0.3 is 5.32 Å². The van der Waals surface area contributed by atoms with E-state index in [1.165, 1.54) is 22.7 Å². The molecule has 2 aromatic carbocycles. The molecule has 2 heterocycles. The predicted octanol–water partition coefficient (Wildman–Crippen LogP) is 5.09. The lowest BCUT2D eigenvalue weighted by Gasteiger charge is -1.99. The van der Waals surface area contributed by atoms with Gasteiger partial charge in [0.05, 0.1) is 12.1 Å². The maximum absolute atomic E-state index is 12.3. The van der Waals surface area contributed by atoms with Crippen molar-refractivity contribution in [3.05, 3.63) is 81.3 Å². The van der Waals surface area contributed by atoms with E-state index in [2.05, 4.69) is 20.5 Å². The summed E-state index contributed by atoms with van der Waals surface area (Å²) in [4.78, 5) is 16.8. The number of rotatable bonds is 6. The second-order valence-corrected chi connectivity index (χ2v) is 8.40. The van der Waals surface area contributed by atoms with Gasteiger partial charge in [0, 0.05) is 22.4 Å². The molecule has 0 fully saturated rings. The van der Waals surface area contributed by atoms with Crippen LogP contribution in [0, 0.1) is 0 Å². The zero-order valence-electron chi connectivity index (χ0n) is 14.6. The van der Waals surface area contributed by atoms with Gasteiger partial charge in [-0.1, -0.05) is 65.4 Å². The first-order chi connectivity index (χ1) is 13.7. The first-order valence-electron chi connectivity index (χ1n) is 8.52. The lowest BCUT2D eigenvalue weighted by molar-refractivity contribution is -0.115. The van der Waals surface area contributed by atoms with Gasteiger partial charge in [-0.3, -0.25) is 4.79 Å². The highest BCUT2D eigenvalue weighted by atomic mass is 35.5. The highest BCUT2D eigenvalue weighted by Crippen LogP contribution is 2.25. The van der Waals surface area contributed by atoms with E-state index in [9.17, 15) is 4.79 Å². The maximum Gasteiger partial charge on any atom is 0.232 e. The molecule has 0 radical (unpaired) electrons. The molecule has 0 unspecified atom stereocenters. The Hall–Kier alpha value is -2.61. The van der Waals surface area contributed by atoms with Crippen LogP contribution in [0.3, 0.4) is 0 Å². The number of thiazole rings is 1. The second kappa shape index (κ2) is 8.60. The van der Waals surface area contributed by atoms with Gasteiger partial charge in [0.25, 0.3) is 0 Å². The van der Waals surface area contributed by atoms with Crippen molar-refractivity contribution in [1.29, 1.82) is 0 Å². The van der Waals surface area contributed by atoms with Crippen LogP contribution < -0.4 is 5.32 Å². The van der Waals surface area contributed by atoms with Gasteiger partial charge in [0.15, 0.2) is 0 Å². The quantitative estimate of drug-likeness (QED) is 0.466. The van der Waals surface area contributed by atoms with Crippen molar-refractivity contribution in [3.8, 4) is 10.6 Å². The molecule has 0 aliphatic carbocycles. The Kier molecular flexibility index (Phi) is 5.76. The molecule has 5 nitrogen and oxygen atoms in total. The molecule has 0 saturated heterocycles. The highest BCUT2D eigenvalue weighted by molar-refractivity contribution is 7.15. The molecular weight excluding hydrogens is 412 g/mol. The van der Waals surface area contributed by atoms with Crippen LogP contribution in [0.5, 0.6) is 0 Å². The molecular formula is C20H15ClN4OS2. The third kappa shape index (κ3) is 4.81. The van der Waals surface area contributed by atoms with Crippen LogP contribution >= 0.6 is 34.3 Å². The zero-order chi connectivity index (χ0) is 19.3. The largest absolute Gasteiger partial charge is 0.300 e. The van der Waals surface area contributed by atoms with Crippen molar-refractivity contribution in [2.45, 2.75) is 12.8 Å². The minimum Gasteiger partial charge on any atom is -0.300 e. The number of anilines is 1. The fourth-order valence-electron chi connectivity index (χ4n) is 2.59. The molecule has 0 spiro atoms. The summed E-state index contributed by atoms with van der Waals surface area (Å²) in [5.74, 6) is -0.157. The molecule has 0 atom stereocenters. The Morgan fingerprint density at radius 1 is 1.04 bits per heavy atom. The number of hydrogen-bond acceptors (Lipinski definition) is 6. The van der Waals surface area contributed by atoms with Crippen molar-refractivity contribution in [2.24, 2.45) is 0 Å². The van der Waals surface area contributed by atoms with E-state index in [0.717, 1.165) is 26.8 Å². The van der Waals surface area contributed by atoms with Gasteiger partial charge in [0.1, 0.15) is 10.0 Å². The molecule has 4 aromatic rings. The van der Waals surface area contributed by atoms with Gasteiger partial charge in [-0.15, -0.1) is 21.5 Å². The molecule has 2 aromatic heterocycles. The van der Waals surface area contributed by atoms with Crippen molar-refractivity contribution in [3.63, 3.8) is 0 Å². The molecule has 1 amide bonds. The number of aromatic nitrogens is 3. The third-order valence-electron chi connectivity index (χ3n) is 3.90. The SMILES string of the molecule is O=C(Cc1csc(-c2ccc(Cl)cc2)n1)Nc1nnc(Cc2ccccc2)s1. The van der Waals surface area contributed by atoms with Gasteiger partial charge in [0.2, 0.25) is 11.0 Å². The lowest BCUT2D eigenvalue weighted by atomic mass is 10.2. The van der Waals surface area contributed by atoms with E-state index in [4.69, 9.17) is 11.6 Å². The Balaban J connectivity index is 1.35. The molecule has 1 N–H and O–H groups in total. The number of halogens is 1. The number of amides is 1. The summed E-state index contributed by atoms with van der Waals surface area (Å²) < 4.78 is 0. The average Bonchev–Trinajstić information content (AvgIpc) is 3.33. The maximum atomic E-state index is 12.3. The summed E-state index contributed by atoms with van der Waals surface area (Å²) in [6.45, 7) is 0. The third-order valence-corrected chi connectivity index (χ3v) is 5.93. The van der Waals surface area contributed by atoms with Crippen molar-refractivity contribution in [1.82, 2.24) is 15.2 Å². The Bertz CT molecular complexity index is 1080. The summed E-state index contributed by atoms with van der Waals surface area (Å²) in [5, 5.41) is 15.8. The standard InChI is InChI=1S/C20H15ClN4OS2/c21-15-8-6-14(7-9-15)19-22-16(12-27-19)11-17(26)23-20-25-24-18(28-20)10-13-4-2-1-3-5-13/h1-9,12H,10-11H2,(H,23,25,26). The first kappa shape index (κ1) is 18.7. The predicted molar refractivity (Wildman–Crippen MR) is 114 cm³/mol. The number of nitrogens with one attached hydrogen (secondary N) is 1. The van der Waals surface area contributed by atoms with Crippen LogP contribution in [0.1, 0.15) is 16.3 Å². The molecule has 0 bridgehead atoms. The summed E-state index contributed by atoms with van der Waals surface area (Å²) in [6, 6.07) is 17.5. The van der Waals surface area contributed by atoms with Crippen LogP contribution in [0.15, 0.2) is 60.0 Å². The van der Waals surface area contributed by atoms with E-state index in [1.807, 2.05) is 60.0 Å². The van der Waals surface area contributed by atoms with Crippen LogP contribution in [0.2, 0.25) is 5.02 Å². The smallest absolute Gasteiger partial charge is 0.232 e. The Morgan fingerprint density at radius 3 is 2.61 bits per heavy atom. The monoisotopic (exact) mass is 426 g/mol. The molecule has 140 valence electrons. The number of hydrogen-bond donors (Lipinski definition) is 1. The molecule has 28 heavy (non-hydrogen) atoms. The van der Waals surface area contributed by atoms with Crippen LogP contribution in [-0.4, -0.2) is 21.1 Å². The number of nitrogens with zero attached hydrogens (tertiary/aromatic N) is 3. The van der Waals surface area contributed by atoms with Gasteiger partial charge in [-0.25, -0.2) is 4.98 Å². The lowest BCUT2D eigenvalue weighted by Crippen LogP contribution is -2.14. The van der Waals surface area contributed by atoms with Crippen LogP contribution in [-0.2, 0) is 17.6 Å². The topological polar surface area (TPSA) is 67.8 Å². The summed E-state index contributed by atoms with van der Waals surface area (Å²) in [6.07, 6.45) is 0.891. The number of carbonyl (C=O) groups excluding carboxylic acids is 1. The number of carbonyl (C=O) groups is 1. The van der Waals surface area contributed by atoms with E-state index in [0.29, 0.717) is 16.6 Å². The van der Waals surface area contributed by atoms with E-state index in [1.54, 1.807) is 0 Å². The summed E-state index contributed by atoms with van der Waals surface area (Å²) >= 11 is 8.81. The minimum atomic E-state index is -0.157. The Labute approximate surface area is 175 Å². The number of benzene rings is 2. The highest BCUT2D eigenvalue weighted by Gasteiger charge is 2.12. The van der Waals surface area contributed by atoms with Crippen molar-refractivity contribution >= 4 is 45.3 Å². The van der Waals surface area contributed by atoms with Crippen molar-refractivity contribution in [2.75, 3.05) is 5.32 Å². The minimum absolute atomic E-state index is 0.157. The van der Waals surface area contributed by atoms with Crippen molar-refractivity contribution < 1.29 is 4.79 Å². The Morgan fingerprint density at radius 2 is 1.82 bits per heavy atom.